The predicted octanol–water partition coefficient (Wildman–Crippen LogP) is 2.38. The molecule has 0 aliphatic heterocycles. The molecule has 0 amide bonds. The summed E-state index contributed by atoms with van der Waals surface area (Å²) in [5.74, 6) is 0. The Labute approximate surface area is 77.2 Å². The second-order valence-electron chi connectivity index (χ2n) is 3.44. The maximum absolute atomic E-state index is 4.00. The van der Waals surface area contributed by atoms with Crippen LogP contribution in [0.25, 0.3) is 10.9 Å². The average Bonchev–Trinajstić information content (AvgIpc) is 2.51. The van der Waals surface area contributed by atoms with Gasteiger partial charge in [0.2, 0.25) is 0 Å². The normalized spacial score (nSPS) is 11.0. The van der Waals surface area contributed by atoms with Gasteiger partial charge in [0, 0.05) is 11.4 Å². The Balaban J connectivity index is 2.48. The molecular weight excluding hydrogens is 162 g/mol. The summed E-state index contributed by atoms with van der Waals surface area (Å²) in [5, 5.41) is 11.5. The van der Waals surface area contributed by atoms with Crippen LogP contribution in [-0.2, 0) is 0 Å². The van der Waals surface area contributed by atoms with Crippen LogP contribution >= 0.6 is 0 Å². The van der Waals surface area contributed by atoms with Crippen LogP contribution in [0.3, 0.4) is 0 Å². The second kappa shape index (κ2) is 3.09. The van der Waals surface area contributed by atoms with E-state index in [-0.39, 0.29) is 0 Å². The molecule has 0 unspecified atom stereocenters. The second-order valence-corrected chi connectivity index (χ2v) is 3.44. The minimum absolute atomic E-state index is 0.439. The van der Waals surface area contributed by atoms with E-state index < -0.39 is 0 Å². The molecule has 3 heteroatoms. The molecule has 0 bridgehead atoms. The van der Waals surface area contributed by atoms with Crippen LogP contribution in [0.15, 0.2) is 24.4 Å². The maximum atomic E-state index is 4.00. The van der Waals surface area contributed by atoms with E-state index in [9.17, 15) is 0 Å². The molecule has 0 aliphatic carbocycles. The van der Waals surface area contributed by atoms with Crippen molar-refractivity contribution in [1.82, 2.24) is 10.2 Å². The van der Waals surface area contributed by atoms with E-state index in [1.54, 1.807) is 0 Å². The molecule has 0 saturated heterocycles. The van der Waals surface area contributed by atoms with Gasteiger partial charge in [0.05, 0.1) is 17.4 Å². The molecule has 68 valence electrons. The maximum Gasteiger partial charge on any atom is 0.0881 e. The molecule has 2 rings (SSSR count). The third kappa shape index (κ3) is 1.49. The molecule has 1 aromatic heterocycles. The molecule has 1 aromatic carbocycles. The molecule has 3 nitrogen and oxygen atoms in total. The highest BCUT2D eigenvalue weighted by molar-refractivity contribution is 5.89. The van der Waals surface area contributed by atoms with Crippen molar-refractivity contribution in [2.75, 3.05) is 5.32 Å². The number of aromatic nitrogens is 2. The summed E-state index contributed by atoms with van der Waals surface area (Å²) < 4.78 is 0. The molecule has 2 N–H and O–H groups in total. The Morgan fingerprint density at radius 1 is 1.38 bits per heavy atom. The van der Waals surface area contributed by atoms with Gasteiger partial charge in [0.25, 0.3) is 0 Å². The summed E-state index contributed by atoms with van der Waals surface area (Å²) in [4.78, 5) is 0. The molecule has 0 atom stereocenters. The van der Waals surface area contributed by atoms with Gasteiger partial charge in [0.15, 0.2) is 0 Å². The third-order valence-corrected chi connectivity index (χ3v) is 1.92. The van der Waals surface area contributed by atoms with Gasteiger partial charge in [-0.2, -0.15) is 5.10 Å². The van der Waals surface area contributed by atoms with Crippen LogP contribution in [0.1, 0.15) is 13.8 Å². The molecule has 0 radical (unpaired) electrons. The predicted molar refractivity (Wildman–Crippen MR) is 54.9 cm³/mol. The lowest BCUT2D eigenvalue weighted by atomic mass is 10.2. The number of anilines is 1. The zero-order chi connectivity index (χ0) is 9.26. The third-order valence-electron chi connectivity index (χ3n) is 1.92. The van der Waals surface area contributed by atoms with E-state index >= 15 is 0 Å². The number of para-hydroxylation sites is 1. The van der Waals surface area contributed by atoms with Crippen LogP contribution in [0.5, 0.6) is 0 Å². The Hall–Kier alpha value is -1.51. The largest absolute Gasteiger partial charge is 0.381 e. The van der Waals surface area contributed by atoms with Crippen molar-refractivity contribution in [3.63, 3.8) is 0 Å². The van der Waals surface area contributed by atoms with Crippen molar-refractivity contribution in [3.8, 4) is 0 Å². The van der Waals surface area contributed by atoms with E-state index in [1.807, 2.05) is 18.3 Å². The first-order valence-electron chi connectivity index (χ1n) is 4.46. The van der Waals surface area contributed by atoms with Gasteiger partial charge in [0.1, 0.15) is 0 Å². The molecule has 13 heavy (non-hydrogen) atoms. The monoisotopic (exact) mass is 175 g/mol. The highest BCUT2D eigenvalue weighted by Gasteiger charge is 2.02. The lowest BCUT2D eigenvalue weighted by molar-refractivity contribution is 0.900. The first-order valence-corrected chi connectivity index (χ1v) is 4.46. The number of fused-ring (bicyclic) bond motifs is 1. The fourth-order valence-corrected chi connectivity index (χ4v) is 1.40. The van der Waals surface area contributed by atoms with Crippen molar-refractivity contribution in [1.29, 1.82) is 0 Å². The van der Waals surface area contributed by atoms with Crippen molar-refractivity contribution in [3.05, 3.63) is 24.4 Å². The molecular formula is C10H13N3. The van der Waals surface area contributed by atoms with Crippen LogP contribution < -0.4 is 5.32 Å². The first-order chi connectivity index (χ1) is 6.27. The zero-order valence-corrected chi connectivity index (χ0v) is 7.83. The van der Waals surface area contributed by atoms with Gasteiger partial charge < -0.3 is 5.32 Å². The van der Waals surface area contributed by atoms with Crippen LogP contribution in [0.2, 0.25) is 0 Å². The minimum Gasteiger partial charge on any atom is -0.381 e. The zero-order valence-electron chi connectivity index (χ0n) is 7.83. The van der Waals surface area contributed by atoms with E-state index in [0.717, 1.165) is 16.6 Å². The number of hydrogen-bond acceptors (Lipinski definition) is 2. The van der Waals surface area contributed by atoms with Gasteiger partial charge in [-0.15, -0.1) is 0 Å². The van der Waals surface area contributed by atoms with Crippen LogP contribution in [0.4, 0.5) is 5.69 Å². The SMILES string of the molecule is CC(C)Nc1cccc2cn[nH]c12. The van der Waals surface area contributed by atoms with Crippen molar-refractivity contribution in [2.45, 2.75) is 19.9 Å². The van der Waals surface area contributed by atoms with Gasteiger partial charge in [-0.3, -0.25) is 5.10 Å². The number of benzene rings is 1. The number of H-pyrrole nitrogens is 1. The summed E-state index contributed by atoms with van der Waals surface area (Å²) in [6, 6.07) is 6.57. The number of rotatable bonds is 2. The summed E-state index contributed by atoms with van der Waals surface area (Å²) in [7, 11) is 0. The van der Waals surface area contributed by atoms with Crippen molar-refractivity contribution < 1.29 is 0 Å². The summed E-state index contributed by atoms with van der Waals surface area (Å²) in [5.41, 5.74) is 2.20. The molecule has 0 aliphatic rings. The standard InChI is InChI=1S/C10H13N3/c1-7(2)12-9-5-3-4-8-6-11-13-10(8)9/h3-7,12H,1-2H3,(H,11,13). The van der Waals surface area contributed by atoms with Gasteiger partial charge >= 0.3 is 0 Å². The average molecular weight is 175 g/mol. The Morgan fingerprint density at radius 3 is 3.00 bits per heavy atom. The summed E-state index contributed by atoms with van der Waals surface area (Å²) in [6.07, 6.45) is 1.83. The van der Waals surface area contributed by atoms with E-state index in [4.69, 9.17) is 0 Å². The summed E-state index contributed by atoms with van der Waals surface area (Å²) in [6.45, 7) is 4.24. The fourth-order valence-electron chi connectivity index (χ4n) is 1.40. The van der Waals surface area contributed by atoms with Gasteiger partial charge in [-0.1, -0.05) is 12.1 Å². The quantitative estimate of drug-likeness (QED) is 0.735. The fraction of sp³-hybridized carbons (Fsp3) is 0.300. The Kier molecular flexibility index (Phi) is 1.93. The number of aromatic amines is 1. The van der Waals surface area contributed by atoms with E-state index in [0.29, 0.717) is 6.04 Å². The first kappa shape index (κ1) is 8.10. The van der Waals surface area contributed by atoms with Crippen molar-refractivity contribution in [2.24, 2.45) is 0 Å². The van der Waals surface area contributed by atoms with Crippen molar-refractivity contribution >= 4 is 16.6 Å². The van der Waals surface area contributed by atoms with Crippen LogP contribution in [-0.4, -0.2) is 16.2 Å². The lowest BCUT2D eigenvalue weighted by Gasteiger charge is -2.09. The molecule has 0 fully saturated rings. The van der Waals surface area contributed by atoms with Crippen LogP contribution in [0, 0.1) is 0 Å². The Morgan fingerprint density at radius 2 is 2.23 bits per heavy atom. The molecule has 0 saturated carbocycles. The Bertz CT molecular complexity index is 403. The summed E-state index contributed by atoms with van der Waals surface area (Å²) >= 11 is 0. The minimum atomic E-state index is 0.439. The van der Waals surface area contributed by atoms with E-state index in [2.05, 4.69) is 35.4 Å². The molecule has 2 aromatic rings. The lowest BCUT2D eigenvalue weighted by Crippen LogP contribution is -2.09. The topological polar surface area (TPSA) is 40.7 Å². The molecule has 1 heterocycles. The number of nitrogens with zero attached hydrogens (tertiary/aromatic N) is 1. The number of nitrogens with one attached hydrogen (secondary N) is 2. The highest BCUT2D eigenvalue weighted by Crippen LogP contribution is 2.20. The van der Waals surface area contributed by atoms with E-state index in [1.165, 1.54) is 0 Å². The molecule has 0 spiro atoms. The van der Waals surface area contributed by atoms with Gasteiger partial charge in [-0.25, -0.2) is 0 Å². The number of hydrogen-bond donors (Lipinski definition) is 2. The smallest absolute Gasteiger partial charge is 0.0881 e. The van der Waals surface area contributed by atoms with Gasteiger partial charge in [-0.05, 0) is 19.9 Å². The highest BCUT2D eigenvalue weighted by atomic mass is 15.1.